The van der Waals surface area contributed by atoms with Crippen LogP contribution in [-0.4, -0.2) is 0 Å². The standard InChI is InChI=1S/C16H12OP/c17-18(14-9-2-1-3-10-14)16-12-6-8-13-7-4-5-11-15(13)16/h1-12H. The van der Waals surface area contributed by atoms with E-state index in [4.69, 9.17) is 0 Å². The summed E-state index contributed by atoms with van der Waals surface area (Å²) in [5.41, 5.74) is 0. The van der Waals surface area contributed by atoms with E-state index < -0.39 is 7.80 Å². The fraction of sp³-hybridized carbons (Fsp3) is 0. The normalized spacial score (nSPS) is 11.4. The molecule has 3 aromatic rings. The fourth-order valence-electron chi connectivity index (χ4n) is 2.09. The van der Waals surface area contributed by atoms with Crippen molar-refractivity contribution >= 4 is 29.2 Å². The van der Waals surface area contributed by atoms with E-state index in [2.05, 4.69) is 0 Å². The van der Waals surface area contributed by atoms with Gasteiger partial charge in [-0.25, -0.2) is 0 Å². The van der Waals surface area contributed by atoms with Crippen LogP contribution in [0.2, 0.25) is 0 Å². The van der Waals surface area contributed by atoms with Gasteiger partial charge in [-0.2, -0.15) is 0 Å². The summed E-state index contributed by atoms with van der Waals surface area (Å²) in [5.74, 6) is 0. The summed E-state index contributed by atoms with van der Waals surface area (Å²) in [6.07, 6.45) is 0. The third-order valence-corrected chi connectivity index (χ3v) is 4.57. The third kappa shape index (κ3) is 1.94. The van der Waals surface area contributed by atoms with Crippen LogP contribution in [0.15, 0.2) is 72.8 Å². The van der Waals surface area contributed by atoms with Crippen LogP contribution in [0, 0.1) is 0 Å². The van der Waals surface area contributed by atoms with Crippen LogP contribution in [0.4, 0.5) is 0 Å². The maximum absolute atomic E-state index is 12.6. The quantitative estimate of drug-likeness (QED) is 0.636. The van der Waals surface area contributed by atoms with Gasteiger partial charge in [0.2, 0.25) is 0 Å². The van der Waals surface area contributed by atoms with Gasteiger partial charge >= 0.3 is 0 Å². The lowest BCUT2D eigenvalue weighted by molar-refractivity contribution is 0.598. The molecular weight excluding hydrogens is 239 g/mol. The molecule has 0 aromatic heterocycles. The molecule has 0 N–H and O–H groups in total. The summed E-state index contributed by atoms with van der Waals surface area (Å²) in [6, 6.07) is 23.7. The van der Waals surface area contributed by atoms with Crippen LogP contribution >= 0.6 is 7.80 Å². The molecule has 1 unspecified atom stereocenters. The Labute approximate surface area is 107 Å². The highest BCUT2D eigenvalue weighted by atomic mass is 31.1. The van der Waals surface area contributed by atoms with E-state index in [0.717, 1.165) is 21.4 Å². The Morgan fingerprint density at radius 2 is 1.33 bits per heavy atom. The summed E-state index contributed by atoms with van der Waals surface area (Å²) < 4.78 is 12.6. The molecule has 0 aliphatic carbocycles. The number of benzene rings is 3. The number of hydrogen-bond acceptors (Lipinski definition) is 1. The Kier molecular flexibility index (Phi) is 2.92. The van der Waals surface area contributed by atoms with E-state index in [1.54, 1.807) is 0 Å². The lowest BCUT2D eigenvalue weighted by atomic mass is 10.1. The van der Waals surface area contributed by atoms with Crippen molar-refractivity contribution in [2.24, 2.45) is 0 Å². The first kappa shape index (κ1) is 11.1. The average molecular weight is 251 g/mol. The summed E-state index contributed by atoms with van der Waals surface area (Å²) >= 11 is 0. The second-order valence-electron chi connectivity index (χ2n) is 4.13. The van der Waals surface area contributed by atoms with Gasteiger partial charge in [0.15, 0.2) is 0 Å². The smallest absolute Gasteiger partial charge is 0.137 e. The SMILES string of the molecule is O=[P](c1ccccc1)c1cccc2ccccc12. The number of hydrogen-bond donors (Lipinski definition) is 0. The summed E-state index contributed by atoms with van der Waals surface area (Å²) in [4.78, 5) is 0. The molecule has 3 aromatic carbocycles. The van der Waals surface area contributed by atoms with Crippen LogP contribution in [0.1, 0.15) is 0 Å². The Balaban J connectivity index is 2.18. The maximum Gasteiger partial charge on any atom is 0.137 e. The zero-order chi connectivity index (χ0) is 12.4. The molecule has 1 nitrogen and oxygen atoms in total. The molecule has 0 fully saturated rings. The van der Waals surface area contributed by atoms with Gasteiger partial charge in [-0.05, 0) is 29.0 Å². The summed E-state index contributed by atoms with van der Waals surface area (Å²) in [6.45, 7) is 0. The number of rotatable bonds is 2. The van der Waals surface area contributed by atoms with Crippen LogP contribution in [0.3, 0.4) is 0 Å². The van der Waals surface area contributed by atoms with Gasteiger partial charge < -0.3 is 0 Å². The molecule has 2 heteroatoms. The lowest BCUT2D eigenvalue weighted by Gasteiger charge is -2.05. The zero-order valence-corrected chi connectivity index (χ0v) is 10.7. The van der Waals surface area contributed by atoms with Crippen LogP contribution in [0.25, 0.3) is 10.8 Å². The third-order valence-electron chi connectivity index (χ3n) is 2.98. The Morgan fingerprint density at radius 3 is 2.17 bits per heavy atom. The molecule has 0 saturated heterocycles. The summed E-state index contributed by atoms with van der Waals surface area (Å²) in [5, 5.41) is 4.00. The van der Waals surface area contributed by atoms with Crippen molar-refractivity contribution in [2.45, 2.75) is 0 Å². The highest BCUT2D eigenvalue weighted by molar-refractivity contribution is 7.62. The van der Waals surface area contributed by atoms with Gasteiger partial charge in [0.1, 0.15) is 7.80 Å². The van der Waals surface area contributed by atoms with E-state index in [-0.39, 0.29) is 0 Å². The molecule has 3 rings (SSSR count). The van der Waals surface area contributed by atoms with Crippen molar-refractivity contribution in [1.29, 1.82) is 0 Å². The van der Waals surface area contributed by atoms with E-state index in [0.29, 0.717) is 0 Å². The first-order valence-electron chi connectivity index (χ1n) is 5.86. The minimum absolute atomic E-state index is 0.879. The molecule has 0 aliphatic heterocycles. The van der Waals surface area contributed by atoms with Gasteiger partial charge in [0.05, 0.1) is 0 Å². The molecule has 18 heavy (non-hydrogen) atoms. The van der Waals surface area contributed by atoms with Crippen molar-refractivity contribution in [3.8, 4) is 0 Å². The fourth-order valence-corrected chi connectivity index (χ4v) is 3.45. The largest absolute Gasteiger partial charge is 0.277 e. The van der Waals surface area contributed by atoms with Crippen molar-refractivity contribution in [2.75, 3.05) is 0 Å². The predicted molar refractivity (Wildman–Crippen MR) is 77.3 cm³/mol. The van der Waals surface area contributed by atoms with Gasteiger partial charge in [-0.3, -0.25) is 4.57 Å². The van der Waals surface area contributed by atoms with Crippen LogP contribution < -0.4 is 10.6 Å². The molecule has 1 radical (unpaired) electrons. The lowest BCUT2D eigenvalue weighted by Crippen LogP contribution is -2.07. The highest BCUT2D eigenvalue weighted by Gasteiger charge is 2.10. The van der Waals surface area contributed by atoms with Crippen molar-refractivity contribution in [1.82, 2.24) is 0 Å². The second kappa shape index (κ2) is 4.72. The van der Waals surface area contributed by atoms with E-state index in [1.807, 2.05) is 72.8 Å². The zero-order valence-electron chi connectivity index (χ0n) is 9.78. The Morgan fingerprint density at radius 1 is 0.667 bits per heavy atom. The van der Waals surface area contributed by atoms with Crippen molar-refractivity contribution in [3.63, 3.8) is 0 Å². The van der Waals surface area contributed by atoms with Crippen LogP contribution in [0.5, 0.6) is 0 Å². The van der Waals surface area contributed by atoms with Gasteiger partial charge in [-0.15, -0.1) is 0 Å². The first-order chi connectivity index (χ1) is 8.86. The molecule has 87 valence electrons. The minimum Gasteiger partial charge on any atom is -0.277 e. The first-order valence-corrected chi connectivity index (χ1v) is 7.12. The average Bonchev–Trinajstić information content (AvgIpc) is 2.47. The molecule has 0 aliphatic rings. The molecule has 1 atom stereocenters. The monoisotopic (exact) mass is 251 g/mol. The molecule has 0 heterocycles. The van der Waals surface area contributed by atoms with Crippen LogP contribution in [-0.2, 0) is 4.57 Å². The molecular formula is C16H12OP. The Hall–Kier alpha value is -1.98. The van der Waals surface area contributed by atoms with Gasteiger partial charge in [-0.1, -0.05) is 54.6 Å². The minimum atomic E-state index is -1.52. The van der Waals surface area contributed by atoms with Gasteiger partial charge in [0.25, 0.3) is 0 Å². The van der Waals surface area contributed by atoms with E-state index in [1.165, 1.54) is 0 Å². The topological polar surface area (TPSA) is 17.1 Å². The number of fused-ring (bicyclic) bond motifs is 1. The van der Waals surface area contributed by atoms with Crippen molar-refractivity contribution < 1.29 is 4.57 Å². The molecule has 0 amide bonds. The predicted octanol–water partition coefficient (Wildman–Crippen LogP) is 3.62. The summed E-state index contributed by atoms with van der Waals surface area (Å²) in [7, 11) is -1.52. The molecule has 0 saturated carbocycles. The highest BCUT2D eigenvalue weighted by Crippen LogP contribution is 2.24. The second-order valence-corrected chi connectivity index (χ2v) is 5.72. The van der Waals surface area contributed by atoms with Gasteiger partial charge in [0, 0.05) is 10.6 Å². The Bertz CT molecular complexity index is 699. The maximum atomic E-state index is 12.6. The van der Waals surface area contributed by atoms with E-state index in [9.17, 15) is 4.57 Å². The molecule has 0 bridgehead atoms. The van der Waals surface area contributed by atoms with Crippen molar-refractivity contribution in [3.05, 3.63) is 72.8 Å². The van der Waals surface area contributed by atoms with E-state index >= 15 is 0 Å². The molecule has 0 spiro atoms.